The molecule has 1 aliphatic heterocycles. The smallest absolute Gasteiger partial charge is 0.353 e. The van der Waals surface area contributed by atoms with Crippen molar-refractivity contribution in [1.29, 1.82) is 0 Å². The third-order valence-electron chi connectivity index (χ3n) is 3.06. The summed E-state index contributed by atoms with van der Waals surface area (Å²) < 4.78 is 0. The molecular formula is C13H11N3O3. The van der Waals surface area contributed by atoms with Crippen molar-refractivity contribution in [1.82, 2.24) is 10.2 Å². The minimum absolute atomic E-state index is 0.0228. The summed E-state index contributed by atoms with van der Waals surface area (Å²) in [6.07, 6.45) is 0.347. The Kier molecular flexibility index (Phi) is 2.38. The van der Waals surface area contributed by atoms with Crippen LogP contribution in [0.3, 0.4) is 0 Å². The van der Waals surface area contributed by atoms with Crippen LogP contribution in [0.5, 0.6) is 0 Å². The number of carboxylic acids is 1. The highest BCUT2D eigenvalue weighted by atomic mass is 16.4. The second kappa shape index (κ2) is 3.94. The number of H-pyrrole nitrogens is 1. The number of anilines is 1. The van der Waals surface area contributed by atoms with Crippen LogP contribution in [-0.2, 0) is 11.2 Å². The molecule has 3 rings (SSSR count). The van der Waals surface area contributed by atoms with E-state index in [1.54, 1.807) is 0 Å². The van der Waals surface area contributed by atoms with Gasteiger partial charge in [-0.15, -0.1) is 0 Å². The molecule has 1 aromatic heterocycles. The molecule has 0 bridgehead atoms. The monoisotopic (exact) mass is 257 g/mol. The third-order valence-corrected chi connectivity index (χ3v) is 3.06. The van der Waals surface area contributed by atoms with E-state index in [4.69, 9.17) is 5.11 Å². The van der Waals surface area contributed by atoms with Gasteiger partial charge in [0.05, 0.1) is 17.8 Å². The van der Waals surface area contributed by atoms with Crippen LogP contribution in [0, 0.1) is 6.92 Å². The lowest BCUT2D eigenvalue weighted by atomic mass is 10.0. The maximum absolute atomic E-state index is 11.5. The van der Waals surface area contributed by atoms with Crippen molar-refractivity contribution < 1.29 is 14.7 Å². The lowest BCUT2D eigenvalue weighted by Gasteiger charge is -2.07. The first-order valence-corrected chi connectivity index (χ1v) is 5.77. The van der Waals surface area contributed by atoms with Gasteiger partial charge in [-0.3, -0.25) is 9.89 Å². The largest absolute Gasteiger partial charge is 0.477 e. The number of amides is 1. The van der Waals surface area contributed by atoms with Gasteiger partial charge in [0.25, 0.3) is 0 Å². The Morgan fingerprint density at radius 3 is 2.84 bits per heavy atom. The molecule has 0 fully saturated rings. The van der Waals surface area contributed by atoms with E-state index < -0.39 is 5.97 Å². The number of hydrogen-bond acceptors (Lipinski definition) is 3. The van der Waals surface area contributed by atoms with Gasteiger partial charge in [0.2, 0.25) is 5.91 Å². The molecule has 6 nitrogen and oxygen atoms in total. The summed E-state index contributed by atoms with van der Waals surface area (Å²) in [6, 6.07) is 5.29. The van der Waals surface area contributed by atoms with E-state index in [1.165, 1.54) is 6.07 Å². The van der Waals surface area contributed by atoms with Gasteiger partial charge in [0.15, 0.2) is 0 Å². The van der Waals surface area contributed by atoms with Crippen molar-refractivity contribution in [2.24, 2.45) is 0 Å². The van der Waals surface area contributed by atoms with Crippen molar-refractivity contribution in [2.75, 3.05) is 5.32 Å². The summed E-state index contributed by atoms with van der Waals surface area (Å²) in [5.74, 6) is -1.12. The zero-order chi connectivity index (χ0) is 13.6. The Bertz CT molecular complexity index is 703. The van der Waals surface area contributed by atoms with Crippen LogP contribution in [0.1, 0.15) is 21.6 Å². The van der Waals surface area contributed by atoms with Crippen molar-refractivity contribution in [3.63, 3.8) is 0 Å². The molecule has 0 unspecified atom stereocenters. The SMILES string of the molecule is Cc1cc2c(c(-c3cc(C(=O)O)[nH]n3)c1)NC(=O)C2. The molecule has 1 aliphatic rings. The topological polar surface area (TPSA) is 95.1 Å². The number of nitrogens with one attached hydrogen (secondary N) is 2. The number of rotatable bonds is 2. The van der Waals surface area contributed by atoms with E-state index in [9.17, 15) is 9.59 Å². The van der Waals surface area contributed by atoms with Crippen LogP contribution in [0.25, 0.3) is 11.3 Å². The quantitative estimate of drug-likeness (QED) is 0.761. The first-order chi connectivity index (χ1) is 9.04. The molecule has 3 N–H and O–H groups in total. The molecule has 19 heavy (non-hydrogen) atoms. The number of carbonyl (C=O) groups excluding carboxylic acids is 1. The lowest BCUT2D eigenvalue weighted by molar-refractivity contribution is -0.115. The number of aromatic nitrogens is 2. The average molecular weight is 257 g/mol. The molecule has 1 amide bonds. The number of benzene rings is 1. The van der Waals surface area contributed by atoms with Crippen LogP contribution in [0.4, 0.5) is 5.69 Å². The normalized spacial score (nSPS) is 13.2. The molecule has 96 valence electrons. The molecule has 2 aromatic rings. The fourth-order valence-corrected chi connectivity index (χ4v) is 2.28. The van der Waals surface area contributed by atoms with Gasteiger partial charge in [-0.1, -0.05) is 11.6 Å². The van der Waals surface area contributed by atoms with Crippen LogP contribution in [0.15, 0.2) is 18.2 Å². The van der Waals surface area contributed by atoms with E-state index in [0.29, 0.717) is 12.1 Å². The van der Waals surface area contributed by atoms with Crippen LogP contribution < -0.4 is 5.32 Å². The van der Waals surface area contributed by atoms with Gasteiger partial charge in [-0.25, -0.2) is 4.79 Å². The van der Waals surface area contributed by atoms with Crippen LogP contribution in [0.2, 0.25) is 0 Å². The van der Waals surface area contributed by atoms with Crippen molar-refractivity contribution in [3.05, 3.63) is 35.0 Å². The lowest BCUT2D eigenvalue weighted by Crippen LogP contribution is -2.04. The zero-order valence-corrected chi connectivity index (χ0v) is 10.2. The third kappa shape index (κ3) is 1.87. The molecule has 0 radical (unpaired) electrons. The predicted molar refractivity (Wildman–Crippen MR) is 68.1 cm³/mol. The van der Waals surface area contributed by atoms with Crippen molar-refractivity contribution in [3.8, 4) is 11.3 Å². The van der Waals surface area contributed by atoms with E-state index in [2.05, 4.69) is 15.5 Å². The van der Waals surface area contributed by atoms with E-state index in [1.807, 2.05) is 19.1 Å². The molecule has 2 heterocycles. The molecule has 6 heteroatoms. The second-order valence-electron chi connectivity index (χ2n) is 4.54. The second-order valence-corrected chi connectivity index (χ2v) is 4.54. The van der Waals surface area contributed by atoms with E-state index in [-0.39, 0.29) is 11.6 Å². The first-order valence-electron chi connectivity index (χ1n) is 5.77. The summed E-state index contributed by atoms with van der Waals surface area (Å²) in [5.41, 5.74) is 3.92. The van der Waals surface area contributed by atoms with Gasteiger partial charge in [-0.2, -0.15) is 5.10 Å². The Balaban J connectivity index is 2.15. The summed E-state index contributed by atoms with van der Waals surface area (Å²) in [7, 11) is 0. The summed E-state index contributed by atoms with van der Waals surface area (Å²) in [4.78, 5) is 22.3. The minimum atomic E-state index is -1.06. The molecule has 0 saturated heterocycles. The van der Waals surface area contributed by atoms with Crippen LogP contribution >= 0.6 is 0 Å². The first kappa shape index (κ1) is 11.5. The summed E-state index contributed by atoms with van der Waals surface area (Å²) in [5, 5.41) is 18.1. The molecule has 1 aromatic carbocycles. The fraction of sp³-hybridized carbons (Fsp3) is 0.154. The number of carbonyl (C=O) groups is 2. The Hall–Kier alpha value is -2.63. The number of aromatic carboxylic acids is 1. The maximum Gasteiger partial charge on any atom is 0.353 e. The Morgan fingerprint density at radius 2 is 2.16 bits per heavy atom. The number of nitrogens with zero attached hydrogens (tertiary/aromatic N) is 1. The van der Waals surface area contributed by atoms with Crippen LogP contribution in [-0.4, -0.2) is 27.2 Å². The highest BCUT2D eigenvalue weighted by Crippen LogP contribution is 2.35. The number of fused-ring (bicyclic) bond motifs is 1. The zero-order valence-electron chi connectivity index (χ0n) is 10.2. The summed E-state index contributed by atoms with van der Waals surface area (Å²) >= 11 is 0. The average Bonchev–Trinajstić information content (AvgIpc) is 2.93. The molecule has 0 saturated carbocycles. The number of carboxylic acid groups (broad SMARTS) is 1. The number of aromatic amines is 1. The fourth-order valence-electron chi connectivity index (χ4n) is 2.28. The molecular weight excluding hydrogens is 246 g/mol. The number of hydrogen-bond donors (Lipinski definition) is 3. The standard InChI is InChI=1S/C13H11N3O3/c1-6-2-7-4-11(17)14-12(7)8(3-6)9-5-10(13(18)19)16-15-9/h2-3,5H,4H2,1H3,(H,14,17)(H,15,16)(H,18,19). The van der Waals surface area contributed by atoms with Crippen molar-refractivity contribution in [2.45, 2.75) is 13.3 Å². The molecule has 0 atom stereocenters. The maximum atomic E-state index is 11.5. The number of aryl methyl sites for hydroxylation is 1. The highest BCUT2D eigenvalue weighted by Gasteiger charge is 2.23. The highest BCUT2D eigenvalue weighted by molar-refractivity contribution is 6.04. The van der Waals surface area contributed by atoms with E-state index in [0.717, 1.165) is 22.4 Å². The Labute approximate surface area is 108 Å². The van der Waals surface area contributed by atoms with Gasteiger partial charge in [-0.05, 0) is 24.6 Å². The Morgan fingerprint density at radius 1 is 1.37 bits per heavy atom. The van der Waals surface area contributed by atoms with E-state index >= 15 is 0 Å². The van der Waals surface area contributed by atoms with Gasteiger partial charge in [0, 0.05) is 5.56 Å². The predicted octanol–water partition coefficient (Wildman–Crippen LogP) is 1.58. The molecule has 0 aliphatic carbocycles. The minimum Gasteiger partial charge on any atom is -0.477 e. The summed E-state index contributed by atoms with van der Waals surface area (Å²) in [6.45, 7) is 1.93. The van der Waals surface area contributed by atoms with Crippen molar-refractivity contribution >= 4 is 17.6 Å². The van der Waals surface area contributed by atoms with Gasteiger partial charge in [0.1, 0.15) is 5.69 Å². The van der Waals surface area contributed by atoms with Gasteiger partial charge >= 0.3 is 5.97 Å². The molecule has 0 spiro atoms. The van der Waals surface area contributed by atoms with Gasteiger partial charge < -0.3 is 10.4 Å².